The van der Waals surface area contributed by atoms with Crippen molar-refractivity contribution in [1.82, 2.24) is 4.98 Å². The molecule has 41 heavy (non-hydrogen) atoms. The molecule has 4 aromatic rings. The number of aromatic nitrogens is 1. The van der Waals surface area contributed by atoms with E-state index in [-0.39, 0.29) is 6.42 Å². The van der Waals surface area contributed by atoms with Crippen LogP contribution in [0, 0.1) is 11.3 Å². The molecule has 0 saturated carbocycles. The largest absolute Gasteiger partial charge is 0.405 e. The average molecular weight is 535 g/mol. The molecule has 2 N–H and O–H groups in total. The van der Waals surface area contributed by atoms with Crippen molar-refractivity contribution >= 4 is 22.4 Å². The zero-order valence-electron chi connectivity index (χ0n) is 23.5. The van der Waals surface area contributed by atoms with Crippen molar-refractivity contribution in [2.75, 3.05) is 11.9 Å². The molecule has 0 bridgehead atoms. The Kier molecular flexibility index (Phi) is 9.85. The number of para-hydroxylation sites is 1. The van der Waals surface area contributed by atoms with Gasteiger partial charge in [-0.2, -0.15) is 5.26 Å². The third-order valence-electron chi connectivity index (χ3n) is 6.86. The van der Waals surface area contributed by atoms with E-state index < -0.39 is 0 Å². The molecule has 0 atom stereocenters. The first-order valence-corrected chi connectivity index (χ1v) is 13.5. The maximum Gasteiger partial charge on any atom is 0.0709 e. The zero-order chi connectivity index (χ0) is 29.0. The van der Waals surface area contributed by atoms with Gasteiger partial charge >= 0.3 is 0 Å². The molecule has 0 amide bonds. The molecule has 0 saturated heterocycles. The van der Waals surface area contributed by atoms with Crippen LogP contribution in [0.1, 0.15) is 30.2 Å². The second-order valence-electron chi connectivity index (χ2n) is 9.44. The molecule has 0 radical (unpaired) electrons. The van der Waals surface area contributed by atoms with Crippen LogP contribution in [0.4, 0.5) is 5.69 Å². The van der Waals surface area contributed by atoms with Crippen molar-refractivity contribution in [3.05, 3.63) is 163 Å². The lowest BCUT2D eigenvalue weighted by Gasteiger charge is -2.24. The fourth-order valence-corrected chi connectivity index (χ4v) is 4.60. The van der Waals surface area contributed by atoms with E-state index in [4.69, 9.17) is 16.0 Å². The number of likely N-dealkylation sites (N-methyl/N-ethyl adjacent to an activating group) is 1. The van der Waals surface area contributed by atoms with Gasteiger partial charge in [0.2, 0.25) is 0 Å². The van der Waals surface area contributed by atoms with Crippen LogP contribution >= 0.6 is 0 Å². The van der Waals surface area contributed by atoms with Crippen LogP contribution in [0.5, 0.6) is 0 Å². The van der Waals surface area contributed by atoms with Crippen molar-refractivity contribution in [3.8, 4) is 17.3 Å². The molecule has 4 nitrogen and oxygen atoms in total. The Hall–Kier alpha value is -5.40. The molecular formula is C37H34N4. The molecule has 4 heteroatoms. The van der Waals surface area contributed by atoms with Gasteiger partial charge < -0.3 is 10.6 Å². The third-order valence-corrected chi connectivity index (χ3v) is 6.86. The Balaban J connectivity index is 1.76. The normalized spacial score (nSPS) is 12.5. The minimum atomic E-state index is 0.290. The van der Waals surface area contributed by atoms with E-state index >= 15 is 0 Å². The highest BCUT2D eigenvalue weighted by Gasteiger charge is 2.13. The number of benzene rings is 3. The summed E-state index contributed by atoms with van der Waals surface area (Å²) in [5.41, 5.74) is 15.7. The van der Waals surface area contributed by atoms with Gasteiger partial charge in [-0.05, 0) is 77.4 Å². The quantitative estimate of drug-likeness (QED) is 0.207. The Labute approximate surface area is 243 Å². The van der Waals surface area contributed by atoms with E-state index in [0.29, 0.717) is 0 Å². The zero-order valence-corrected chi connectivity index (χ0v) is 23.5. The topological polar surface area (TPSA) is 65.9 Å². The van der Waals surface area contributed by atoms with Crippen molar-refractivity contribution < 1.29 is 0 Å². The molecule has 1 aromatic heterocycles. The molecule has 0 spiro atoms. The van der Waals surface area contributed by atoms with Gasteiger partial charge in [-0.15, -0.1) is 0 Å². The Morgan fingerprint density at radius 1 is 0.878 bits per heavy atom. The highest BCUT2D eigenvalue weighted by molar-refractivity contribution is 5.83. The van der Waals surface area contributed by atoms with Crippen molar-refractivity contribution in [2.45, 2.75) is 13.3 Å². The summed E-state index contributed by atoms with van der Waals surface area (Å²) in [5, 5.41) is 9.01. The molecule has 0 aliphatic rings. The lowest BCUT2D eigenvalue weighted by atomic mass is 9.98. The lowest BCUT2D eigenvalue weighted by Crippen LogP contribution is -2.16. The monoisotopic (exact) mass is 534 g/mol. The summed E-state index contributed by atoms with van der Waals surface area (Å²) in [7, 11) is 2.09. The minimum Gasteiger partial charge on any atom is -0.405 e. The van der Waals surface area contributed by atoms with E-state index in [1.54, 1.807) is 6.08 Å². The average Bonchev–Trinajstić information content (AvgIpc) is 3.04. The van der Waals surface area contributed by atoms with Gasteiger partial charge in [0.05, 0.1) is 23.9 Å². The second-order valence-corrected chi connectivity index (χ2v) is 9.44. The van der Waals surface area contributed by atoms with Crippen molar-refractivity contribution in [2.24, 2.45) is 5.73 Å². The second kappa shape index (κ2) is 14.1. The van der Waals surface area contributed by atoms with Gasteiger partial charge in [-0.3, -0.25) is 0 Å². The standard InChI is InChI=1S/C37H34N4/c1-4-29(31-13-7-5-8-14-31)27-37(41(3)34-16-9-6-10-17-34)28(2)30-20-22-33(23-21-30)36-19-11-18-35(40-36)32(24-26-39)15-12-25-38/h4-11,13-24,26-27H,1,12,39H2,2-3H3/b26-24-,29-27+,32-15+,37-28-. The first-order chi connectivity index (χ1) is 20.0. The summed E-state index contributed by atoms with van der Waals surface area (Å²) in [6, 6.07) is 37.1. The number of hydrogen-bond donors (Lipinski definition) is 1. The van der Waals surface area contributed by atoms with E-state index in [0.717, 1.165) is 56.2 Å². The van der Waals surface area contributed by atoms with Gasteiger partial charge in [0.25, 0.3) is 0 Å². The molecule has 0 unspecified atom stereocenters. The van der Waals surface area contributed by atoms with Crippen LogP contribution in [0.2, 0.25) is 0 Å². The first kappa shape index (κ1) is 28.6. The summed E-state index contributed by atoms with van der Waals surface area (Å²) in [4.78, 5) is 7.06. The van der Waals surface area contributed by atoms with Gasteiger partial charge in [0, 0.05) is 24.0 Å². The maximum atomic E-state index is 9.01. The van der Waals surface area contributed by atoms with E-state index in [9.17, 15) is 0 Å². The molecule has 4 rings (SSSR count). The molecule has 0 aliphatic heterocycles. The Morgan fingerprint density at radius 3 is 2.20 bits per heavy atom. The summed E-state index contributed by atoms with van der Waals surface area (Å²) in [6.07, 6.45) is 9.46. The number of nitriles is 1. The van der Waals surface area contributed by atoms with E-state index in [1.807, 2.05) is 66.7 Å². The lowest BCUT2D eigenvalue weighted by molar-refractivity contribution is 1.14. The van der Waals surface area contributed by atoms with Crippen LogP contribution in [0.3, 0.4) is 0 Å². The summed E-state index contributed by atoms with van der Waals surface area (Å²) in [5.74, 6) is 0. The summed E-state index contributed by atoms with van der Waals surface area (Å²) < 4.78 is 0. The fourth-order valence-electron chi connectivity index (χ4n) is 4.60. The number of nitrogens with two attached hydrogens (primary N) is 1. The number of nitrogens with zero attached hydrogens (tertiary/aromatic N) is 3. The molecular weight excluding hydrogens is 500 g/mol. The molecule has 3 aromatic carbocycles. The Bertz CT molecular complexity index is 1630. The number of pyridine rings is 1. The number of rotatable bonds is 10. The predicted octanol–water partition coefficient (Wildman–Crippen LogP) is 8.66. The van der Waals surface area contributed by atoms with Gasteiger partial charge in [-0.1, -0.05) is 97.6 Å². The first-order valence-electron chi connectivity index (χ1n) is 13.5. The van der Waals surface area contributed by atoms with Gasteiger partial charge in [-0.25, -0.2) is 4.98 Å². The van der Waals surface area contributed by atoms with Crippen LogP contribution in [0.25, 0.3) is 28.0 Å². The van der Waals surface area contributed by atoms with Crippen LogP contribution < -0.4 is 10.6 Å². The van der Waals surface area contributed by atoms with Crippen molar-refractivity contribution in [3.63, 3.8) is 0 Å². The SMILES string of the molecule is C=C/C(=C\C(=C(/C)c1ccc(-c2cccc(C(/C=C\N)=C/CC#N)n2)cc1)N(C)c1ccccc1)c1ccccc1. The molecule has 202 valence electrons. The number of anilines is 1. The predicted molar refractivity (Wildman–Crippen MR) is 173 cm³/mol. The van der Waals surface area contributed by atoms with Gasteiger partial charge in [0.15, 0.2) is 0 Å². The van der Waals surface area contributed by atoms with E-state index in [1.165, 1.54) is 6.20 Å². The van der Waals surface area contributed by atoms with Crippen molar-refractivity contribution in [1.29, 1.82) is 5.26 Å². The molecule has 0 fully saturated rings. The molecule has 0 aliphatic carbocycles. The van der Waals surface area contributed by atoms with Crippen LogP contribution in [-0.4, -0.2) is 12.0 Å². The highest BCUT2D eigenvalue weighted by atomic mass is 15.1. The summed E-state index contributed by atoms with van der Waals surface area (Å²) >= 11 is 0. The Morgan fingerprint density at radius 2 is 1.56 bits per heavy atom. The molecule has 1 heterocycles. The fraction of sp³-hybridized carbons (Fsp3) is 0.0811. The third kappa shape index (κ3) is 7.17. The number of allylic oxidation sites excluding steroid dienone is 7. The number of hydrogen-bond acceptors (Lipinski definition) is 4. The van der Waals surface area contributed by atoms with Crippen LogP contribution in [-0.2, 0) is 0 Å². The van der Waals surface area contributed by atoms with E-state index in [2.05, 4.69) is 86.1 Å². The maximum absolute atomic E-state index is 9.01. The van der Waals surface area contributed by atoms with Crippen LogP contribution in [0.15, 0.2) is 146 Å². The summed E-state index contributed by atoms with van der Waals surface area (Å²) in [6.45, 7) is 6.25. The smallest absolute Gasteiger partial charge is 0.0709 e. The minimum absolute atomic E-state index is 0.290. The van der Waals surface area contributed by atoms with Gasteiger partial charge in [0.1, 0.15) is 0 Å². The highest BCUT2D eigenvalue weighted by Crippen LogP contribution is 2.30.